The standard InChI is InChI=1S/C44H28O/c1-4-14-29(15-5-1)33-25-26-34(30-16-6-2-7-17-30)44-43(33)39-28-32(24-27-40(39)45-44)42-37-22-12-10-20-35(37)41(31-18-8-3-9-19-31)36-21-11-13-23-38(36)42/h1-28H/i10D,11D,12D,13D,20D,21D,22D,23D. The first kappa shape index (κ1) is 18.7. The van der Waals surface area contributed by atoms with Crippen LogP contribution in [0.25, 0.3) is 88.0 Å². The molecule has 9 rings (SSSR count). The number of rotatable bonds is 4. The Morgan fingerprint density at radius 3 is 1.42 bits per heavy atom. The third-order valence-corrected chi connectivity index (χ3v) is 8.51. The van der Waals surface area contributed by atoms with Crippen molar-refractivity contribution in [2.45, 2.75) is 0 Å². The van der Waals surface area contributed by atoms with Crippen LogP contribution in [0.1, 0.15) is 11.0 Å². The van der Waals surface area contributed by atoms with Gasteiger partial charge in [-0.1, -0.05) is 151 Å². The Balaban J connectivity index is 1.50. The van der Waals surface area contributed by atoms with Crippen molar-refractivity contribution in [3.05, 3.63) is 170 Å². The minimum atomic E-state index is -0.434. The summed E-state index contributed by atoms with van der Waals surface area (Å²) in [6.07, 6.45) is 0. The second-order valence-electron chi connectivity index (χ2n) is 11.0. The van der Waals surface area contributed by atoms with E-state index in [0.29, 0.717) is 33.4 Å². The summed E-state index contributed by atoms with van der Waals surface area (Å²) in [6, 6.07) is 35.8. The predicted octanol–water partition coefficient (Wildman–Crippen LogP) is 12.6. The monoisotopic (exact) mass is 580 g/mol. The number of hydrogen-bond donors (Lipinski definition) is 0. The fraction of sp³-hybridized carbons (Fsp3) is 0. The molecule has 0 bridgehead atoms. The molecule has 0 saturated heterocycles. The summed E-state index contributed by atoms with van der Waals surface area (Å²) in [5.41, 5.74) is 6.81. The molecule has 1 heteroatoms. The molecular weight excluding hydrogens is 544 g/mol. The molecule has 0 atom stereocenters. The van der Waals surface area contributed by atoms with Crippen molar-refractivity contribution < 1.29 is 15.4 Å². The fourth-order valence-corrected chi connectivity index (χ4v) is 6.55. The summed E-state index contributed by atoms with van der Waals surface area (Å²) in [4.78, 5) is 0. The predicted molar refractivity (Wildman–Crippen MR) is 190 cm³/mol. The fourth-order valence-electron chi connectivity index (χ4n) is 6.55. The van der Waals surface area contributed by atoms with Crippen molar-refractivity contribution in [2.24, 2.45) is 0 Å². The summed E-state index contributed by atoms with van der Waals surface area (Å²) in [5, 5.41) is 2.32. The maximum atomic E-state index is 9.30. The lowest BCUT2D eigenvalue weighted by Crippen LogP contribution is -1.90. The zero-order valence-electron chi connectivity index (χ0n) is 32.0. The van der Waals surface area contributed by atoms with E-state index in [-0.39, 0.29) is 45.7 Å². The van der Waals surface area contributed by atoms with Crippen LogP contribution in [0.3, 0.4) is 0 Å². The number of fused-ring (bicyclic) bond motifs is 5. The Morgan fingerprint density at radius 2 is 0.867 bits per heavy atom. The molecule has 0 spiro atoms. The van der Waals surface area contributed by atoms with Crippen LogP contribution in [-0.4, -0.2) is 0 Å². The van der Waals surface area contributed by atoms with Crippen LogP contribution in [-0.2, 0) is 0 Å². The van der Waals surface area contributed by atoms with Crippen LogP contribution in [0.2, 0.25) is 0 Å². The Labute approximate surface area is 272 Å². The van der Waals surface area contributed by atoms with E-state index in [1.165, 1.54) is 0 Å². The highest BCUT2D eigenvalue weighted by molar-refractivity contribution is 6.23. The molecular formula is C44H28O. The topological polar surface area (TPSA) is 13.1 Å². The first-order chi connectivity index (χ1) is 25.7. The van der Waals surface area contributed by atoms with Crippen molar-refractivity contribution in [2.75, 3.05) is 0 Å². The van der Waals surface area contributed by atoms with Crippen molar-refractivity contribution in [3.8, 4) is 44.5 Å². The molecule has 0 fully saturated rings. The average Bonchev–Trinajstić information content (AvgIpc) is 3.59. The van der Waals surface area contributed by atoms with Gasteiger partial charge in [0.15, 0.2) is 0 Å². The van der Waals surface area contributed by atoms with E-state index in [1.54, 1.807) is 30.3 Å². The van der Waals surface area contributed by atoms with Crippen LogP contribution in [0.5, 0.6) is 0 Å². The molecule has 8 aromatic carbocycles. The van der Waals surface area contributed by atoms with Gasteiger partial charge in [-0.05, 0) is 78.7 Å². The molecule has 0 radical (unpaired) electrons. The molecule has 45 heavy (non-hydrogen) atoms. The first-order valence-electron chi connectivity index (χ1n) is 18.8. The molecule has 210 valence electrons. The lowest BCUT2D eigenvalue weighted by atomic mass is 9.85. The van der Waals surface area contributed by atoms with Gasteiger partial charge in [-0.2, -0.15) is 0 Å². The Kier molecular flexibility index (Phi) is 4.30. The smallest absolute Gasteiger partial charge is 0.143 e. The quantitative estimate of drug-likeness (QED) is 0.189. The van der Waals surface area contributed by atoms with Gasteiger partial charge in [-0.25, -0.2) is 0 Å². The molecule has 0 unspecified atom stereocenters. The van der Waals surface area contributed by atoms with Crippen molar-refractivity contribution in [3.63, 3.8) is 0 Å². The van der Waals surface area contributed by atoms with E-state index in [1.807, 2.05) is 78.9 Å². The van der Waals surface area contributed by atoms with Gasteiger partial charge in [0.2, 0.25) is 0 Å². The summed E-state index contributed by atoms with van der Waals surface area (Å²) < 4.78 is 78.6. The van der Waals surface area contributed by atoms with Crippen LogP contribution in [0.4, 0.5) is 0 Å². The minimum absolute atomic E-state index is 0.174. The zero-order chi connectivity index (χ0) is 36.7. The lowest BCUT2D eigenvalue weighted by Gasteiger charge is -2.17. The third-order valence-electron chi connectivity index (χ3n) is 8.51. The molecule has 1 aromatic heterocycles. The van der Waals surface area contributed by atoms with Gasteiger partial charge in [0.25, 0.3) is 0 Å². The van der Waals surface area contributed by atoms with Gasteiger partial charge in [0.1, 0.15) is 11.2 Å². The lowest BCUT2D eigenvalue weighted by molar-refractivity contribution is 0.670. The van der Waals surface area contributed by atoms with Crippen LogP contribution in [0.15, 0.2) is 174 Å². The van der Waals surface area contributed by atoms with Gasteiger partial charge in [0.05, 0.1) is 11.0 Å². The van der Waals surface area contributed by atoms with Crippen molar-refractivity contribution in [1.29, 1.82) is 0 Å². The van der Waals surface area contributed by atoms with Crippen molar-refractivity contribution >= 4 is 43.5 Å². The molecule has 1 heterocycles. The maximum Gasteiger partial charge on any atom is 0.143 e. The maximum absolute atomic E-state index is 9.30. The second-order valence-corrected chi connectivity index (χ2v) is 11.0. The van der Waals surface area contributed by atoms with Gasteiger partial charge >= 0.3 is 0 Å². The van der Waals surface area contributed by atoms with Crippen molar-refractivity contribution in [1.82, 2.24) is 0 Å². The Bertz CT molecular complexity index is 2880. The van der Waals surface area contributed by atoms with E-state index >= 15 is 0 Å². The molecule has 9 aromatic rings. The highest BCUT2D eigenvalue weighted by atomic mass is 16.3. The average molecular weight is 581 g/mol. The first-order valence-corrected chi connectivity index (χ1v) is 14.8. The van der Waals surface area contributed by atoms with E-state index in [9.17, 15) is 5.48 Å². The van der Waals surface area contributed by atoms with E-state index < -0.39 is 24.2 Å². The Hall–Kier alpha value is -5.92. The number of furan rings is 1. The van der Waals surface area contributed by atoms with Crippen LogP contribution < -0.4 is 0 Å². The van der Waals surface area contributed by atoms with Gasteiger partial charge in [0, 0.05) is 16.3 Å². The largest absolute Gasteiger partial charge is 0.455 e. The SMILES string of the molecule is [2H]c1c([2H])c([2H])c2c(-c3ccc4oc5c(-c6ccccc6)ccc(-c6ccccc6)c5c4c3)c3c([2H])c([2H])c([2H])c([2H])c3c(-c3ccccc3)c2c1[2H]. The zero-order valence-corrected chi connectivity index (χ0v) is 24.0. The molecule has 0 amide bonds. The highest BCUT2D eigenvalue weighted by Crippen LogP contribution is 2.46. The van der Waals surface area contributed by atoms with Crippen LogP contribution >= 0.6 is 0 Å². The van der Waals surface area contributed by atoms with Gasteiger partial charge in [-0.3, -0.25) is 0 Å². The van der Waals surface area contributed by atoms with Crippen LogP contribution in [0, 0.1) is 0 Å². The molecule has 0 aliphatic rings. The van der Waals surface area contributed by atoms with Gasteiger partial charge in [-0.15, -0.1) is 0 Å². The molecule has 1 nitrogen and oxygen atoms in total. The molecule has 0 aliphatic carbocycles. The number of hydrogen-bond acceptors (Lipinski definition) is 1. The minimum Gasteiger partial charge on any atom is -0.455 e. The summed E-state index contributed by atoms with van der Waals surface area (Å²) >= 11 is 0. The second kappa shape index (κ2) is 10.4. The summed E-state index contributed by atoms with van der Waals surface area (Å²) in [5.74, 6) is 0. The summed E-state index contributed by atoms with van der Waals surface area (Å²) in [7, 11) is 0. The third kappa shape index (κ3) is 4.09. The Morgan fingerprint density at radius 1 is 0.400 bits per heavy atom. The van der Waals surface area contributed by atoms with E-state index in [0.717, 1.165) is 33.0 Å². The van der Waals surface area contributed by atoms with E-state index in [2.05, 4.69) is 12.1 Å². The number of benzene rings is 8. The molecule has 0 N–H and O–H groups in total. The summed E-state index contributed by atoms with van der Waals surface area (Å²) in [6.45, 7) is 0. The molecule has 0 saturated carbocycles. The van der Waals surface area contributed by atoms with Gasteiger partial charge < -0.3 is 4.42 Å². The van der Waals surface area contributed by atoms with E-state index in [4.69, 9.17) is 9.90 Å². The highest BCUT2D eigenvalue weighted by Gasteiger charge is 2.20. The normalized spacial score (nSPS) is 14.0. The molecule has 0 aliphatic heterocycles.